The fraction of sp³-hybridized carbons (Fsp3) is 0.0909. The Morgan fingerprint density at radius 1 is 1.35 bits per heavy atom. The normalized spacial score (nSPS) is 10.3. The predicted octanol–water partition coefficient (Wildman–Crippen LogP) is 1.27. The van der Waals surface area contributed by atoms with Crippen LogP contribution >= 0.6 is 0 Å². The van der Waals surface area contributed by atoms with Crippen molar-refractivity contribution in [2.75, 3.05) is 0 Å². The first-order valence-corrected chi connectivity index (χ1v) is 5.42. The van der Waals surface area contributed by atoms with Gasteiger partial charge in [-0.3, -0.25) is 0 Å². The van der Waals surface area contributed by atoms with E-state index >= 15 is 0 Å². The van der Waals surface area contributed by atoms with E-state index in [1.165, 1.54) is 0 Å². The monoisotopic (exact) mass is 326 g/mol. The van der Waals surface area contributed by atoms with Crippen molar-refractivity contribution in [3.05, 3.63) is 58.4 Å². The van der Waals surface area contributed by atoms with Crippen LogP contribution in [0.4, 0.5) is 4.39 Å². The van der Waals surface area contributed by atoms with Crippen molar-refractivity contribution in [1.82, 2.24) is 7.95 Å². The zero-order valence-electron chi connectivity index (χ0n) is 8.56. The van der Waals surface area contributed by atoms with Crippen LogP contribution < -0.4 is 10.4 Å². The van der Waals surface area contributed by atoms with E-state index in [0.29, 0.717) is 0 Å². The molecule has 0 spiro atoms. The van der Waals surface area contributed by atoms with Gasteiger partial charge in [0.2, 0.25) is 0 Å². The predicted molar refractivity (Wildman–Crippen MR) is 54.6 cm³/mol. The number of nitrogens with zero attached hydrogens (tertiary/aromatic N) is 2. The van der Waals surface area contributed by atoms with Crippen LogP contribution in [0.2, 0.25) is 0 Å². The molecule has 0 N–H and O–H groups in total. The van der Waals surface area contributed by atoms with Gasteiger partial charge in [0.1, 0.15) is 0 Å². The Labute approximate surface area is 109 Å². The molecule has 1 heterocycles. The molecule has 1 aromatic carbocycles. The van der Waals surface area contributed by atoms with Gasteiger partial charge in [-0.05, 0) is 0 Å². The zero-order valence-corrected chi connectivity index (χ0v) is 10.0. The quantitative estimate of drug-likeness (QED) is 0.798. The minimum absolute atomic E-state index is 0.163. The standard InChI is InChI=1S/C11H9FN2O2.Ag/c12-9-6-13-11(15)14-10(9)16-7-8-4-2-1-3-5-8;/h1-6H,7H2,(H,13,14,15);/q;+1/p-1. The van der Waals surface area contributed by atoms with Crippen LogP contribution in [0.3, 0.4) is 0 Å². The molecule has 0 aliphatic heterocycles. The van der Waals surface area contributed by atoms with E-state index in [-0.39, 0.29) is 12.5 Å². The van der Waals surface area contributed by atoms with Gasteiger partial charge in [-0.2, -0.15) is 0 Å². The molecule has 0 aliphatic carbocycles. The molecule has 2 rings (SSSR count). The molecule has 0 bridgehead atoms. The van der Waals surface area contributed by atoms with Crippen molar-refractivity contribution < 1.29 is 30.5 Å². The third-order valence-electron chi connectivity index (χ3n) is 2.00. The molecule has 0 saturated carbocycles. The number of hydrogen-bond acceptors (Lipinski definition) is 3. The van der Waals surface area contributed by atoms with Crippen molar-refractivity contribution in [2.45, 2.75) is 6.61 Å². The average Bonchev–Trinajstić information content (AvgIpc) is 2.33. The molecule has 1 aromatic heterocycles. The van der Waals surface area contributed by atoms with Crippen LogP contribution in [0, 0.1) is 5.82 Å². The van der Waals surface area contributed by atoms with E-state index in [2.05, 4.69) is 26.3 Å². The Morgan fingerprint density at radius 3 is 2.76 bits per heavy atom. The van der Waals surface area contributed by atoms with Gasteiger partial charge in [-0.1, -0.05) is 0 Å². The third-order valence-corrected chi connectivity index (χ3v) is 2.48. The summed E-state index contributed by atoms with van der Waals surface area (Å²) in [4.78, 5) is 14.6. The van der Waals surface area contributed by atoms with Gasteiger partial charge >= 0.3 is 109 Å². The van der Waals surface area contributed by atoms with E-state index in [4.69, 9.17) is 4.74 Å². The molecular weight excluding hydrogens is 319 g/mol. The number of halogens is 1. The van der Waals surface area contributed by atoms with Gasteiger partial charge in [-0.25, -0.2) is 0 Å². The van der Waals surface area contributed by atoms with Crippen molar-refractivity contribution in [2.24, 2.45) is 0 Å². The molecule has 2 aromatic rings. The fourth-order valence-corrected chi connectivity index (χ4v) is 1.45. The molecule has 0 fully saturated rings. The fourth-order valence-electron chi connectivity index (χ4n) is 1.21. The van der Waals surface area contributed by atoms with E-state index < -0.39 is 11.5 Å². The second-order valence-corrected chi connectivity index (χ2v) is 3.94. The summed E-state index contributed by atoms with van der Waals surface area (Å²) < 4.78 is 19.4. The SMILES string of the molecule is O=c1nc(OCc2ccccc2)c(F)c[n]1[Ag]. The van der Waals surface area contributed by atoms with Crippen LogP contribution in [0.15, 0.2) is 41.3 Å². The molecule has 92 valence electrons. The Hall–Kier alpha value is -1.43. The Morgan fingerprint density at radius 2 is 2.06 bits per heavy atom. The average molecular weight is 327 g/mol. The maximum absolute atomic E-state index is 13.4. The first kappa shape index (κ1) is 12.0. The summed E-state index contributed by atoms with van der Waals surface area (Å²) in [5.74, 6) is -0.995. The molecular formula is C11H8AgFN2O2. The Kier molecular flexibility index (Phi) is 3.73. The number of benzene rings is 1. The van der Waals surface area contributed by atoms with Crippen molar-refractivity contribution in [3.8, 4) is 5.88 Å². The molecule has 17 heavy (non-hydrogen) atoms. The summed E-state index contributed by atoms with van der Waals surface area (Å²) >= 11 is 2.84. The summed E-state index contributed by atoms with van der Waals surface area (Å²) in [6, 6.07) is 9.24. The van der Waals surface area contributed by atoms with Crippen LogP contribution in [-0.4, -0.2) is 7.95 Å². The van der Waals surface area contributed by atoms with Crippen LogP contribution in [0.5, 0.6) is 5.88 Å². The van der Waals surface area contributed by atoms with Crippen molar-refractivity contribution in [1.29, 1.82) is 0 Å². The van der Waals surface area contributed by atoms with Crippen LogP contribution in [0.25, 0.3) is 0 Å². The summed E-state index contributed by atoms with van der Waals surface area (Å²) in [5, 5.41) is 0. The van der Waals surface area contributed by atoms with E-state index in [0.717, 1.165) is 14.7 Å². The molecule has 0 aliphatic rings. The van der Waals surface area contributed by atoms with Crippen LogP contribution in [0.1, 0.15) is 5.56 Å². The molecule has 0 unspecified atom stereocenters. The Balaban J connectivity index is 2.15. The van der Waals surface area contributed by atoms with E-state index in [1.807, 2.05) is 30.3 Å². The number of hydrogen-bond donors (Lipinski definition) is 0. The number of ether oxygens (including phenoxy) is 1. The summed E-state index contributed by atoms with van der Waals surface area (Å²) in [6.07, 6.45) is 0.967. The first-order chi connectivity index (χ1) is 8.16. The Bertz CT molecular complexity index is 571. The molecule has 4 nitrogen and oxygen atoms in total. The number of rotatable bonds is 3. The minimum atomic E-state index is -0.697. The maximum atomic E-state index is 13.4. The first-order valence-electron chi connectivity index (χ1n) is 4.75. The summed E-state index contributed by atoms with van der Waals surface area (Å²) in [5.41, 5.74) is 0.241. The third kappa shape index (κ3) is 3.03. The topological polar surface area (TPSA) is 44.1 Å². The van der Waals surface area contributed by atoms with Crippen molar-refractivity contribution in [3.63, 3.8) is 0 Å². The van der Waals surface area contributed by atoms with Gasteiger partial charge < -0.3 is 0 Å². The van der Waals surface area contributed by atoms with Gasteiger partial charge in [0, 0.05) is 0 Å². The summed E-state index contributed by atoms with van der Waals surface area (Å²) in [7, 11) is 0. The van der Waals surface area contributed by atoms with Gasteiger partial charge in [-0.15, -0.1) is 0 Å². The molecule has 0 atom stereocenters. The van der Waals surface area contributed by atoms with Crippen LogP contribution in [-0.2, 0) is 27.9 Å². The molecule has 0 amide bonds. The summed E-state index contributed by atoms with van der Waals surface area (Å²) in [6.45, 7) is 0.163. The zero-order chi connectivity index (χ0) is 12.3. The molecule has 0 radical (unpaired) electrons. The van der Waals surface area contributed by atoms with E-state index in [1.54, 1.807) is 0 Å². The second kappa shape index (κ2) is 5.27. The van der Waals surface area contributed by atoms with Gasteiger partial charge in [0.15, 0.2) is 0 Å². The number of aromatic nitrogens is 2. The van der Waals surface area contributed by atoms with Gasteiger partial charge in [0.05, 0.1) is 0 Å². The molecule has 0 saturated heterocycles. The molecule has 6 heteroatoms. The van der Waals surface area contributed by atoms with Gasteiger partial charge in [0.25, 0.3) is 0 Å². The van der Waals surface area contributed by atoms with E-state index in [9.17, 15) is 9.18 Å². The van der Waals surface area contributed by atoms with Crippen molar-refractivity contribution >= 4 is 0 Å². The second-order valence-electron chi connectivity index (χ2n) is 3.23.